The Hall–Kier alpha value is -1.28. The largest absolute Gasteiger partial charge is 0.377 e. The normalized spacial score (nSPS) is 21.8. The third-order valence-corrected chi connectivity index (χ3v) is 3.40. The zero-order valence-electron chi connectivity index (χ0n) is 12.7. The van der Waals surface area contributed by atoms with Gasteiger partial charge in [0, 0.05) is 18.8 Å². The van der Waals surface area contributed by atoms with E-state index < -0.39 is 0 Å². The van der Waals surface area contributed by atoms with E-state index in [1.165, 1.54) is 12.2 Å². The van der Waals surface area contributed by atoms with E-state index in [1.807, 2.05) is 0 Å². The lowest BCUT2D eigenvalue weighted by Gasteiger charge is -2.22. The number of hydrogen-bond donors (Lipinski definition) is 0. The lowest BCUT2D eigenvalue weighted by atomic mass is 10.2. The van der Waals surface area contributed by atoms with Gasteiger partial charge >= 0.3 is 0 Å². The zero-order valence-corrected chi connectivity index (χ0v) is 12.7. The highest BCUT2D eigenvalue weighted by molar-refractivity contribution is 6.12. The van der Waals surface area contributed by atoms with Gasteiger partial charge in [-0.05, 0) is 19.3 Å². The van der Waals surface area contributed by atoms with Crippen molar-refractivity contribution in [2.75, 3.05) is 46.2 Å². The van der Waals surface area contributed by atoms with Crippen LogP contribution in [-0.2, 0) is 28.5 Å². The molecule has 7 heteroatoms. The summed E-state index contributed by atoms with van der Waals surface area (Å²) in [6.07, 6.45) is 5.65. The predicted octanol–water partition coefficient (Wildman–Crippen LogP) is 0.488. The molecule has 1 atom stereocenters. The van der Waals surface area contributed by atoms with Crippen molar-refractivity contribution >= 4 is 11.8 Å². The van der Waals surface area contributed by atoms with Crippen molar-refractivity contribution in [2.45, 2.75) is 25.6 Å². The first-order chi connectivity index (χ1) is 10.8. The van der Waals surface area contributed by atoms with Crippen molar-refractivity contribution < 1.29 is 28.5 Å². The van der Waals surface area contributed by atoms with E-state index in [1.54, 1.807) is 0 Å². The van der Waals surface area contributed by atoms with Crippen molar-refractivity contribution in [1.29, 1.82) is 0 Å². The van der Waals surface area contributed by atoms with Crippen LogP contribution in [-0.4, -0.2) is 69.2 Å². The Morgan fingerprint density at radius 3 is 2.36 bits per heavy atom. The average Bonchev–Trinajstić information content (AvgIpc) is 2.86. The van der Waals surface area contributed by atoms with Crippen molar-refractivity contribution in [2.24, 2.45) is 0 Å². The quantitative estimate of drug-likeness (QED) is 0.432. The second-order valence-corrected chi connectivity index (χ2v) is 5.05. The molecule has 0 aromatic carbocycles. The SMILES string of the molecule is O=C1C=CC(=O)N1CCOCCOCCOC1CCCCO1. The number of nitrogens with zero attached hydrogens (tertiary/aromatic N) is 1. The Kier molecular flexibility index (Phi) is 7.51. The first-order valence-corrected chi connectivity index (χ1v) is 7.69. The molecular formula is C15H23NO6. The van der Waals surface area contributed by atoms with Crippen LogP contribution in [0.4, 0.5) is 0 Å². The Labute approximate surface area is 130 Å². The van der Waals surface area contributed by atoms with Crippen molar-refractivity contribution in [3.05, 3.63) is 12.2 Å². The van der Waals surface area contributed by atoms with Gasteiger partial charge in [-0.3, -0.25) is 14.5 Å². The van der Waals surface area contributed by atoms with Gasteiger partial charge in [0.2, 0.25) is 0 Å². The molecule has 0 bridgehead atoms. The van der Waals surface area contributed by atoms with E-state index in [2.05, 4.69) is 0 Å². The zero-order chi connectivity index (χ0) is 15.6. The van der Waals surface area contributed by atoms with Crippen molar-refractivity contribution in [1.82, 2.24) is 4.90 Å². The number of amides is 2. The summed E-state index contributed by atoms with van der Waals surface area (Å²) in [4.78, 5) is 23.7. The molecule has 2 amide bonds. The lowest BCUT2D eigenvalue weighted by Crippen LogP contribution is -2.33. The highest BCUT2D eigenvalue weighted by Crippen LogP contribution is 2.13. The fourth-order valence-corrected chi connectivity index (χ4v) is 2.21. The maximum atomic E-state index is 11.3. The Bertz CT molecular complexity index is 373. The third-order valence-electron chi connectivity index (χ3n) is 3.40. The molecule has 0 saturated carbocycles. The average molecular weight is 313 g/mol. The van der Waals surface area contributed by atoms with Gasteiger partial charge in [-0.2, -0.15) is 0 Å². The van der Waals surface area contributed by atoms with E-state index in [4.69, 9.17) is 18.9 Å². The molecule has 0 radical (unpaired) electrons. The topological polar surface area (TPSA) is 74.3 Å². The fourth-order valence-electron chi connectivity index (χ4n) is 2.21. The summed E-state index contributed by atoms with van der Waals surface area (Å²) >= 11 is 0. The van der Waals surface area contributed by atoms with Crippen LogP contribution in [0.25, 0.3) is 0 Å². The third kappa shape index (κ3) is 5.84. The van der Waals surface area contributed by atoms with Crippen LogP contribution in [0.15, 0.2) is 12.2 Å². The van der Waals surface area contributed by atoms with Gasteiger partial charge < -0.3 is 18.9 Å². The fraction of sp³-hybridized carbons (Fsp3) is 0.733. The molecule has 0 aromatic heterocycles. The Morgan fingerprint density at radius 2 is 1.68 bits per heavy atom. The van der Waals surface area contributed by atoms with Crippen LogP contribution in [0.5, 0.6) is 0 Å². The molecule has 0 spiro atoms. The van der Waals surface area contributed by atoms with Gasteiger partial charge in [0.15, 0.2) is 6.29 Å². The number of rotatable bonds is 10. The summed E-state index contributed by atoms with van der Waals surface area (Å²) in [6.45, 7) is 3.24. The van der Waals surface area contributed by atoms with E-state index in [9.17, 15) is 9.59 Å². The highest BCUT2D eigenvalue weighted by atomic mass is 16.7. The van der Waals surface area contributed by atoms with Crippen LogP contribution in [0.2, 0.25) is 0 Å². The molecule has 2 heterocycles. The summed E-state index contributed by atoms with van der Waals surface area (Å²) < 4.78 is 21.7. The molecule has 0 aliphatic carbocycles. The van der Waals surface area contributed by atoms with Gasteiger partial charge in [0.25, 0.3) is 11.8 Å². The van der Waals surface area contributed by atoms with Crippen molar-refractivity contribution in [3.63, 3.8) is 0 Å². The molecule has 1 fully saturated rings. The minimum Gasteiger partial charge on any atom is -0.377 e. The van der Waals surface area contributed by atoms with Gasteiger partial charge in [0.05, 0.1) is 39.6 Å². The molecule has 2 aliphatic heterocycles. The van der Waals surface area contributed by atoms with Gasteiger partial charge in [-0.25, -0.2) is 0 Å². The molecule has 1 unspecified atom stereocenters. The van der Waals surface area contributed by atoms with Gasteiger partial charge in [0.1, 0.15) is 0 Å². The Morgan fingerprint density at radius 1 is 1.00 bits per heavy atom. The minimum atomic E-state index is -0.285. The summed E-state index contributed by atoms with van der Waals surface area (Å²) in [7, 11) is 0. The molecule has 22 heavy (non-hydrogen) atoms. The minimum absolute atomic E-state index is 0.0854. The smallest absolute Gasteiger partial charge is 0.253 e. The number of hydrogen-bond acceptors (Lipinski definition) is 6. The van der Waals surface area contributed by atoms with Crippen LogP contribution in [0, 0.1) is 0 Å². The van der Waals surface area contributed by atoms with Crippen LogP contribution in [0.3, 0.4) is 0 Å². The van der Waals surface area contributed by atoms with Crippen LogP contribution < -0.4 is 0 Å². The number of carbonyl (C=O) groups is 2. The first kappa shape index (κ1) is 17.1. The first-order valence-electron chi connectivity index (χ1n) is 7.69. The molecule has 124 valence electrons. The summed E-state index contributed by atoms with van der Waals surface area (Å²) in [6, 6.07) is 0. The van der Waals surface area contributed by atoms with Gasteiger partial charge in [-0.1, -0.05) is 0 Å². The molecule has 2 rings (SSSR count). The van der Waals surface area contributed by atoms with Crippen LogP contribution in [0.1, 0.15) is 19.3 Å². The molecule has 0 aromatic rings. The number of ether oxygens (including phenoxy) is 4. The second-order valence-electron chi connectivity index (χ2n) is 5.05. The lowest BCUT2D eigenvalue weighted by molar-refractivity contribution is -0.169. The van der Waals surface area contributed by atoms with E-state index >= 15 is 0 Å². The van der Waals surface area contributed by atoms with E-state index in [-0.39, 0.29) is 24.6 Å². The highest BCUT2D eigenvalue weighted by Gasteiger charge is 2.22. The van der Waals surface area contributed by atoms with Crippen molar-refractivity contribution in [3.8, 4) is 0 Å². The van der Waals surface area contributed by atoms with E-state index in [0.717, 1.165) is 30.8 Å². The molecule has 2 aliphatic rings. The maximum Gasteiger partial charge on any atom is 0.253 e. The second kappa shape index (κ2) is 9.68. The summed E-state index contributed by atoms with van der Waals surface area (Å²) in [5, 5.41) is 0. The number of imide groups is 1. The van der Waals surface area contributed by atoms with E-state index in [0.29, 0.717) is 33.0 Å². The maximum absolute atomic E-state index is 11.3. The molecule has 0 N–H and O–H groups in total. The number of carbonyl (C=O) groups excluding carboxylic acids is 2. The monoisotopic (exact) mass is 313 g/mol. The van der Waals surface area contributed by atoms with Crippen LogP contribution >= 0.6 is 0 Å². The summed E-state index contributed by atoms with van der Waals surface area (Å²) in [5.74, 6) is -0.570. The molecule has 7 nitrogen and oxygen atoms in total. The predicted molar refractivity (Wildman–Crippen MR) is 77.0 cm³/mol. The Balaban J connectivity index is 1.37. The molecule has 1 saturated heterocycles. The standard InChI is InChI=1S/C15H23NO6/c17-13-4-5-14(18)16(13)6-8-19-9-10-20-11-12-22-15-3-1-2-7-21-15/h4-5,15H,1-3,6-12H2. The molecular weight excluding hydrogens is 290 g/mol. The summed E-state index contributed by atoms with van der Waals surface area (Å²) in [5.41, 5.74) is 0. The van der Waals surface area contributed by atoms with Gasteiger partial charge in [-0.15, -0.1) is 0 Å².